The molecule has 0 aromatic carbocycles. The van der Waals surface area contributed by atoms with Crippen molar-refractivity contribution >= 4 is 0 Å². The van der Waals surface area contributed by atoms with Crippen LogP contribution >= 0.6 is 0 Å². The van der Waals surface area contributed by atoms with Crippen molar-refractivity contribution in [2.24, 2.45) is 0 Å². The van der Waals surface area contributed by atoms with Gasteiger partial charge in [0.25, 0.3) is 0 Å². The number of rotatable bonds is 1. The lowest BCUT2D eigenvalue weighted by atomic mass is 10.3. The molecule has 2 nitrogen and oxygen atoms in total. The number of ether oxygens (including phenoxy) is 1. The molecule has 1 aliphatic heterocycles. The zero-order valence-corrected chi connectivity index (χ0v) is 5.26. The number of likely N-dealkylation sites (tertiary alicyclic amines) is 1. The number of methoxy groups -OCH3 is 1. The maximum atomic E-state index is 5.10. The molecule has 0 aromatic rings. The van der Waals surface area contributed by atoms with E-state index in [-0.39, 0.29) is 0 Å². The molecule has 1 atom stereocenters. The van der Waals surface area contributed by atoms with E-state index in [0.717, 1.165) is 19.5 Å². The van der Waals surface area contributed by atoms with E-state index in [1.54, 1.807) is 7.11 Å². The van der Waals surface area contributed by atoms with E-state index in [0.29, 0.717) is 6.10 Å². The molecule has 47 valence electrons. The second-order valence-electron chi connectivity index (χ2n) is 2.22. The minimum absolute atomic E-state index is 0.437. The molecular formula is C6H12NO. The first-order chi connectivity index (χ1) is 3.83. The number of hydrogen-bond acceptors (Lipinski definition) is 2. The summed E-state index contributed by atoms with van der Waals surface area (Å²) in [6.45, 7) is 2.08. The summed E-state index contributed by atoms with van der Waals surface area (Å²) in [6, 6.07) is 0. The Morgan fingerprint density at radius 2 is 2.50 bits per heavy atom. The summed E-state index contributed by atoms with van der Waals surface area (Å²) >= 11 is 0. The fourth-order valence-corrected chi connectivity index (χ4v) is 0.990. The van der Waals surface area contributed by atoms with Gasteiger partial charge in [0.15, 0.2) is 0 Å². The fraction of sp³-hybridized carbons (Fsp3) is 0.833. The molecule has 1 radical (unpaired) electrons. The highest BCUT2D eigenvalue weighted by molar-refractivity contribution is 4.74. The Morgan fingerprint density at radius 1 is 1.75 bits per heavy atom. The average Bonchev–Trinajstić information content (AvgIpc) is 2.14. The summed E-state index contributed by atoms with van der Waals surface area (Å²) in [5.74, 6) is 0. The largest absolute Gasteiger partial charge is 0.380 e. The normalized spacial score (nSPS) is 31.5. The Hall–Kier alpha value is -0.0800. The molecule has 0 spiro atoms. The first kappa shape index (κ1) is 6.05. The smallest absolute Gasteiger partial charge is 0.0710 e. The van der Waals surface area contributed by atoms with Gasteiger partial charge in [-0.2, -0.15) is 0 Å². The predicted octanol–water partition coefficient (Wildman–Crippen LogP) is 0.499. The van der Waals surface area contributed by atoms with Crippen LogP contribution in [0.5, 0.6) is 0 Å². The first-order valence-corrected chi connectivity index (χ1v) is 2.91. The van der Waals surface area contributed by atoms with Crippen LogP contribution in [0.2, 0.25) is 0 Å². The summed E-state index contributed by atoms with van der Waals surface area (Å²) in [5.41, 5.74) is 0. The summed E-state index contributed by atoms with van der Waals surface area (Å²) in [7, 11) is 5.54. The van der Waals surface area contributed by atoms with E-state index in [9.17, 15) is 0 Å². The zero-order chi connectivity index (χ0) is 5.98. The van der Waals surface area contributed by atoms with Crippen molar-refractivity contribution in [3.63, 3.8) is 0 Å². The van der Waals surface area contributed by atoms with Crippen LogP contribution in [-0.4, -0.2) is 31.2 Å². The van der Waals surface area contributed by atoms with Gasteiger partial charge in [-0.15, -0.1) is 0 Å². The maximum Gasteiger partial charge on any atom is 0.0710 e. The second kappa shape index (κ2) is 2.46. The van der Waals surface area contributed by atoms with Crippen molar-refractivity contribution in [1.82, 2.24) is 4.90 Å². The van der Waals surface area contributed by atoms with Gasteiger partial charge < -0.3 is 4.74 Å². The lowest BCUT2D eigenvalue weighted by Gasteiger charge is -2.06. The Kier molecular flexibility index (Phi) is 1.86. The Labute approximate surface area is 50.4 Å². The van der Waals surface area contributed by atoms with Gasteiger partial charge in [-0.1, -0.05) is 0 Å². The zero-order valence-electron chi connectivity index (χ0n) is 5.26. The van der Waals surface area contributed by atoms with Gasteiger partial charge in [-0.05, 0) is 6.42 Å². The molecule has 8 heavy (non-hydrogen) atoms. The second-order valence-corrected chi connectivity index (χ2v) is 2.22. The molecule has 1 unspecified atom stereocenters. The van der Waals surface area contributed by atoms with Crippen molar-refractivity contribution < 1.29 is 4.74 Å². The molecule has 0 aromatic heterocycles. The molecule has 0 amide bonds. The molecule has 1 aliphatic rings. The molecular weight excluding hydrogens is 102 g/mol. The highest BCUT2D eigenvalue weighted by Gasteiger charge is 2.17. The van der Waals surface area contributed by atoms with Crippen LogP contribution in [0, 0.1) is 7.05 Å². The third kappa shape index (κ3) is 1.20. The first-order valence-electron chi connectivity index (χ1n) is 2.91. The third-order valence-corrected chi connectivity index (χ3v) is 1.56. The molecule has 1 heterocycles. The minimum atomic E-state index is 0.437. The molecule has 0 bridgehead atoms. The minimum Gasteiger partial charge on any atom is -0.380 e. The SMILES string of the molecule is [CH2]N1CCC(OC)C1. The number of nitrogens with zero attached hydrogens (tertiary/aromatic N) is 1. The molecule has 0 N–H and O–H groups in total. The summed E-state index contributed by atoms with van der Waals surface area (Å²) in [4.78, 5) is 2.04. The van der Waals surface area contributed by atoms with Gasteiger partial charge in [-0.25, -0.2) is 0 Å². The average molecular weight is 114 g/mol. The predicted molar refractivity (Wildman–Crippen MR) is 32.3 cm³/mol. The Bertz CT molecular complexity index is 74.9. The Balaban J connectivity index is 2.22. The Morgan fingerprint density at radius 3 is 2.75 bits per heavy atom. The van der Waals surface area contributed by atoms with E-state index < -0.39 is 0 Å². The standard InChI is InChI=1S/C6H12NO/c1-7-4-3-6(5-7)8-2/h6H,1,3-5H2,2H3. The highest BCUT2D eigenvalue weighted by atomic mass is 16.5. The van der Waals surface area contributed by atoms with Crippen LogP contribution in [0.3, 0.4) is 0 Å². The van der Waals surface area contributed by atoms with Crippen molar-refractivity contribution in [2.45, 2.75) is 12.5 Å². The van der Waals surface area contributed by atoms with Crippen molar-refractivity contribution in [1.29, 1.82) is 0 Å². The maximum absolute atomic E-state index is 5.10. The monoisotopic (exact) mass is 114 g/mol. The van der Waals surface area contributed by atoms with Crippen LogP contribution in [0.15, 0.2) is 0 Å². The van der Waals surface area contributed by atoms with Crippen LogP contribution in [-0.2, 0) is 4.74 Å². The van der Waals surface area contributed by atoms with Gasteiger partial charge in [-0.3, -0.25) is 4.90 Å². The van der Waals surface area contributed by atoms with E-state index in [4.69, 9.17) is 4.74 Å². The lowest BCUT2D eigenvalue weighted by Crippen LogP contribution is -2.15. The van der Waals surface area contributed by atoms with Crippen LogP contribution in [0.1, 0.15) is 6.42 Å². The van der Waals surface area contributed by atoms with Gasteiger partial charge in [0.1, 0.15) is 0 Å². The van der Waals surface area contributed by atoms with E-state index >= 15 is 0 Å². The van der Waals surface area contributed by atoms with Gasteiger partial charge >= 0.3 is 0 Å². The summed E-state index contributed by atoms with van der Waals surface area (Å²) in [5, 5.41) is 0. The summed E-state index contributed by atoms with van der Waals surface area (Å²) < 4.78 is 5.10. The van der Waals surface area contributed by atoms with Crippen LogP contribution in [0.4, 0.5) is 0 Å². The quantitative estimate of drug-likeness (QED) is 0.492. The lowest BCUT2D eigenvalue weighted by molar-refractivity contribution is 0.112. The van der Waals surface area contributed by atoms with Gasteiger partial charge in [0.2, 0.25) is 0 Å². The fourth-order valence-electron chi connectivity index (χ4n) is 0.990. The third-order valence-electron chi connectivity index (χ3n) is 1.56. The van der Waals surface area contributed by atoms with Gasteiger partial charge in [0, 0.05) is 27.2 Å². The molecule has 0 saturated carbocycles. The van der Waals surface area contributed by atoms with Crippen LogP contribution < -0.4 is 0 Å². The van der Waals surface area contributed by atoms with Crippen molar-refractivity contribution in [3.05, 3.63) is 7.05 Å². The van der Waals surface area contributed by atoms with Crippen molar-refractivity contribution in [2.75, 3.05) is 20.2 Å². The van der Waals surface area contributed by atoms with Crippen LogP contribution in [0.25, 0.3) is 0 Å². The molecule has 2 heteroatoms. The van der Waals surface area contributed by atoms with Crippen molar-refractivity contribution in [3.8, 4) is 0 Å². The van der Waals surface area contributed by atoms with E-state index in [1.165, 1.54) is 0 Å². The highest BCUT2D eigenvalue weighted by Crippen LogP contribution is 2.08. The molecule has 1 rings (SSSR count). The van der Waals surface area contributed by atoms with E-state index in [2.05, 4.69) is 7.05 Å². The van der Waals surface area contributed by atoms with Gasteiger partial charge in [0.05, 0.1) is 6.10 Å². The number of hydrogen-bond donors (Lipinski definition) is 0. The molecule has 1 fully saturated rings. The van der Waals surface area contributed by atoms with E-state index in [1.807, 2.05) is 4.90 Å². The summed E-state index contributed by atoms with van der Waals surface area (Å²) in [6.07, 6.45) is 1.58. The molecule has 0 aliphatic carbocycles. The topological polar surface area (TPSA) is 12.5 Å². The molecule has 1 saturated heterocycles.